The molecule has 3 rings (SSSR count). The molecular weight excluding hydrogens is 242 g/mol. The van der Waals surface area contributed by atoms with Crippen molar-refractivity contribution in [2.45, 2.75) is 12.8 Å². The van der Waals surface area contributed by atoms with Crippen LogP contribution in [0, 0.1) is 5.92 Å². The lowest BCUT2D eigenvalue weighted by Crippen LogP contribution is -2.33. The quantitative estimate of drug-likeness (QED) is 0.911. The molecule has 0 aliphatic carbocycles. The highest BCUT2D eigenvalue weighted by molar-refractivity contribution is 5.55. The molecule has 5 heteroatoms. The van der Waals surface area contributed by atoms with Crippen molar-refractivity contribution in [3.05, 3.63) is 31.0 Å². The number of hydrogen-bond acceptors (Lipinski definition) is 5. The van der Waals surface area contributed by atoms with Gasteiger partial charge in [0.15, 0.2) is 0 Å². The van der Waals surface area contributed by atoms with Gasteiger partial charge in [-0.05, 0) is 25.5 Å². The Morgan fingerprint density at radius 2 is 2.37 bits per heavy atom. The van der Waals surface area contributed by atoms with Gasteiger partial charge in [-0.3, -0.25) is 0 Å². The molecule has 100 valence electrons. The average molecular weight is 259 g/mol. The maximum absolute atomic E-state index is 5.68. The van der Waals surface area contributed by atoms with Gasteiger partial charge >= 0.3 is 0 Å². The zero-order valence-electron chi connectivity index (χ0n) is 10.7. The van der Waals surface area contributed by atoms with Gasteiger partial charge < -0.3 is 14.5 Å². The Bertz CT molecular complexity index is 490. The second kappa shape index (κ2) is 5.84. The first-order valence-electron chi connectivity index (χ1n) is 6.60. The van der Waals surface area contributed by atoms with Gasteiger partial charge in [0.2, 0.25) is 5.88 Å². The maximum Gasteiger partial charge on any atom is 0.232 e. The van der Waals surface area contributed by atoms with E-state index in [9.17, 15) is 0 Å². The Kier molecular flexibility index (Phi) is 3.74. The summed E-state index contributed by atoms with van der Waals surface area (Å²) in [5, 5.41) is 3.37. The predicted octanol–water partition coefficient (Wildman–Crippen LogP) is 2.11. The van der Waals surface area contributed by atoms with Crippen LogP contribution in [0.25, 0.3) is 11.3 Å². The molecule has 19 heavy (non-hydrogen) atoms. The minimum absolute atomic E-state index is 0.573. The Hall–Kier alpha value is -1.88. The minimum atomic E-state index is 0.573. The van der Waals surface area contributed by atoms with E-state index in [1.165, 1.54) is 12.8 Å². The largest absolute Gasteiger partial charge is 0.476 e. The van der Waals surface area contributed by atoms with Crippen LogP contribution in [-0.4, -0.2) is 29.7 Å². The second-order valence-corrected chi connectivity index (χ2v) is 4.78. The summed E-state index contributed by atoms with van der Waals surface area (Å²) in [4.78, 5) is 8.59. The van der Waals surface area contributed by atoms with Crippen molar-refractivity contribution in [2.75, 3.05) is 19.7 Å². The lowest BCUT2D eigenvalue weighted by Gasteiger charge is -2.22. The van der Waals surface area contributed by atoms with Crippen LogP contribution in [0.1, 0.15) is 12.8 Å². The number of nitrogens with zero attached hydrogens (tertiary/aromatic N) is 2. The SMILES string of the molecule is c1cc(-c2cnc(OCC3CCCNC3)cn2)co1. The lowest BCUT2D eigenvalue weighted by atomic mass is 10.0. The molecule has 0 saturated carbocycles. The monoisotopic (exact) mass is 259 g/mol. The van der Waals surface area contributed by atoms with Gasteiger partial charge in [-0.1, -0.05) is 0 Å². The van der Waals surface area contributed by atoms with Crippen LogP contribution in [0.2, 0.25) is 0 Å². The van der Waals surface area contributed by atoms with Gasteiger partial charge in [0, 0.05) is 18.0 Å². The van der Waals surface area contributed by atoms with Crippen molar-refractivity contribution >= 4 is 0 Å². The molecule has 0 radical (unpaired) electrons. The molecule has 0 aromatic carbocycles. The molecule has 1 aliphatic heterocycles. The van der Waals surface area contributed by atoms with E-state index in [-0.39, 0.29) is 0 Å². The Morgan fingerprint density at radius 1 is 1.37 bits per heavy atom. The highest BCUT2D eigenvalue weighted by Crippen LogP contribution is 2.18. The number of aromatic nitrogens is 2. The number of hydrogen-bond donors (Lipinski definition) is 1. The van der Waals surface area contributed by atoms with Gasteiger partial charge in [0.1, 0.15) is 0 Å². The highest BCUT2D eigenvalue weighted by Gasteiger charge is 2.13. The van der Waals surface area contributed by atoms with Crippen molar-refractivity contribution in [3.63, 3.8) is 0 Å². The number of piperidine rings is 1. The zero-order valence-corrected chi connectivity index (χ0v) is 10.7. The lowest BCUT2D eigenvalue weighted by molar-refractivity contribution is 0.211. The Morgan fingerprint density at radius 3 is 3.05 bits per heavy atom. The van der Waals surface area contributed by atoms with Gasteiger partial charge in [0.05, 0.1) is 37.2 Å². The molecule has 1 aliphatic rings. The average Bonchev–Trinajstić information content (AvgIpc) is 3.01. The van der Waals surface area contributed by atoms with Gasteiger partial charge in [-0.25, -0.2) is 9.97 Å². The van der Waals surface area contributed by atoms with Crippen molar-refractivity contribution in [1.29, 1.82) is 0 Å². The molecule has 1 saturated heterocycles. The summed E-state index contributed by atoms with van der Waals surface area (Å²) in [6.45, 7) is 2.85. The van der Waals surface area contributed by atoms with Gasteiger partial charge in [-0.15, -0.1) is 0 Å². The molecule has 2 aromatic heterocycles. The van der Waals surface area contributed by atoms with E-state index in [0.717, 1.165) is 24.3 Å². The van der Waals surface area contributed by atoms with Crippen molar-refractivity contribution in [1.82, 2.24) is 15.3 Å². The first kappa shape index (κ1) is 12.2. The standard InChI is InChI=1S/C14H17N3O2/c1-2-11(6-15-4-1)9-19-14-8-16-13(7-17-14)12-3-5-18-10-12/h3,5,7-8,10-11,15H,1-2,4,6,9H2. The van der Waals surface area contributed by atoms with Crippen LogP contribution in [-0.2, 0) is 0 Å². The molecule has 1 unspecified atom stereocenters. The summed E-state index contributed by atoms with van der Waals surface area (Å²) in [7, 11) is 0. The normalized spacial score (nSPS) is 19.3. The minimum Gasteiger partial charge on any atom is -0.476 e. The van der Waals surface area contributed by atoms with Crippen LogP contribution in [0.5, 0.6) is 5.88 Å². The molecule has 5 nitrogen and oxygen atoms in total. The third-order valence-electron chi connectivity index (χ3n) is 3.31. The first-order chi connectivity index (χ1) is 9.42. The predicted molar refractivity (Wildman–Crippen MR) is 70.8 cm³/mol. The topological polar surface area (TPSA) is 60.2 Å². The fourth-order valence-electron chi connectivity index (χ4n) is 2.22. The number of furan rings is 1. The number of ether oxygens (including phenoxy) is 1. The number of rotatable bonds is 4. The fourth-order valence-corrected chi connectivity index (χ4v) is 2.22. The summed E-state index contributed by atoms with van der Waals surface area (Å²) in [6.07, 6.45) is 9.08. The van der Waals surface area contributed by atoms with Crippen LogP contribution in [0.4, 0.5) is 0 Å². The van der Waals surface area contributed by atoms with Crippen LogP contribution < -0.4 is 10.1 Å². The Balaban J connectivity index is 1.57. The summed E-state index contributed by atoms with van der Waals surface area (Å²) in [5.41, 5.74) is 1.72. The Labute approximate surface area is 112 Å². The smallest absolute Gasteiger partial charge is 0.232 e. The molecule has 0 amide bonds. The van der Waals surface area contributed by atoms with Crippen LogP contribution >= 0.6 is 0 Å². The van der Waals surface area contributed by atoms with Crippen molar-refractivity contribution in [2.24, 2.45) is 5.92 Å². The molecule has 0 spiro atoms. The summed E-state index contributed by atoms with van der Waals surface area (Å²) < 4.78 is 10.7. The summed E-state index contributed by atoms with van der Waals surface area (Å²) in [6, 6.07) is 1.86. The summed E-state index contributed by atoms with van der Waals surface area (Å²) in [5.74, 6) is 1.15. The molecular formula is C14H17N3O2. The van der Waals surface area contributed by atoms with E-state index in [0.29, 0.717) is 18.4 Å². The summed E-state index contributed by atoms with van der Waals surface area (Å²) >= 11 is 0. The third kappa shape index (κ3) is 3.12. The van der Waals surface area contributed by atoms with Gasteiger partial charge in [0.25, 0.3) is 0 Å². The van der Waals surface area contributed by atoms with Crippen LogP contribution in [0.3, 0.4) is 0 Å². The number of nitrogens with one attached hydrogen (secondary N) is 1. The first-order valence-corrected chi connectivity index (χ1v) is 6.60. The third-order valence-corrected chi connectivity index (χ3v) is 3.31. The van der Waals surface area contributed by atoms with Crippen molar-refractivity contribution < 1.29 is 9.15 Å². The zero-order chi connectivity index (χ0) is 12.9. The van der Waals surface area contributed by atoms with E-state index in [1.807, 2.05) is 6.07 Å². The van der Waals surface area contributed by atoms with E-state index in [4.69, 9.17) is 9.15 Å². The maximum atomic E-state index is 5.68. The fraction of sp³-hybridized carbons (Fsp3) is 0.429. The van der Waals surface area contributed by atoms with E-state index >= 15 is 0 Å². The van der Waals surface area contributed by atoms with Gasteiger partial charge in [-0.2, -0.15) is 0 Å². The molecule has 2 aromatic rings. The second-order valence-electron chi connectivity index (χ2n) is 4.78. The molecule has 1 atom stereocenters. The molecule has 0 bridgehead atoms. The van der Waals surface area contributed by atoms with E-state index in [2.05, 4.69) is 15.3 Å². The van der Waals surface area contributed by atoms with E-state index in [1.54, 1.807) is 24.9 Å². The van der Waals surface area contributed by atoms with Crippen molar-refractivity contribution in [3.8, 4) is 17.1 Å². The van der Waals surface area contributed by atoms with Crippen LogP contribution in [0.15, 0.2) is 35.4 Å². The molecule has 1 N–H and O–H groups in total. The molecule has 1 fully saturated rings. The van der Waals surface area contributed by atoms with E-state index < -0.39 is 0 Å². The highest BCUT2D eigenvalue weighted by atomic mass is 16.5. The molecule has 3 heterocycles.